The molecule has 27 heavy (non-hydrogen) atoms. The van der Waals surface area contributed by atoms with Crippen molar-refractivity contribution in [3.05, 3.63) is 41.2 Å². The van der Waals surface area contributed by atoms with Crippen LogP contribution in [-0.4, -0.2) is 58.5 Å². The standard InChI is InChI=1S/C19H22FN5O2/c1-3-27-19(26)25-8-6-24(7-9-25)17-4-5-21-16-11-13(10-14(16)17)15-12-23(2)22-18(15)20/h4-5,10,12H,3,6-9,11H2,1-2H3. The van der Waals surface area contributed by atoms with Gasteiger partial charge in [0, 0.05) is 63.3 Å². The highest BCUT2D eigenvalue weighted by molar-refractivity contribution is 5.91. The number of ether oxygens (including phenoxy) is 1. The molecule has 0 bridgehead atoms. The van der Waals surface area contributed by atoms with Crippen LogP contribution < -0.4 is 4.90 Å². The van der Waals surface area contributed by atoms with Gasteiger partial charge in [0.25, 0.3) is 0 Å². The number of pyridine rings is 1. The number of fused-ring (bicyclic) bond motifs is 1. The molecule has 1 amide bonds. The van der Waals surface area contributed by atoms with Crippen LogP contribution in [0.4, 0.5) is 14.9 Å². The van der Waals surface area contributed by atoms with Crippen molar-refractivity contribution in [2.45, 2.75) is 13.3 Å². The Labute approximate surface area is 157 Å². The van der Waals surface area contributed by atoms with Gasteiger partial charge >= 0.3 is 6.09 Å². The van der Waals surface area contributed by atoms with Gasteiger partial charge in [0.15, 0.2) is 0 Å². The zero-order valence-corrected chi connectivity index (χ0v) is 15.5. The maximum atomic E-state index is 14.1. The maximum absolute atomic E-state index is 14.1. The number of halogens is 1. The summed E-state index contributed by atoms with van der Waals surface area (Å²) >= 11 is 0. The van der Waals surface area contributed by atoms with Gasteiger partial charge in [-0.2, -0.15) is 4.39 Å². The summed E-state index contributed by atoms with van der Waals surface area (Å²) in [6.45, 7) is 4.87. The van der Waals surface area contributed by atoms with Gasteiger partial charge in [0.05, 0.1) is 17.9 Å². The number of anilines is 1. The number of aromatic nitrogens is 3. The lowest BCUT2D eigenvalue weighted by molar-refractivity contribution is 0.105. The predicted molar refractivity (Wildman–Crippen MR) is 99.8 cm³/mol. The number of aryl methyl sites for hydroxylation is 1. The number of rotatable bonds is 3. The minimum atomic E-state index is -0.457. The molecule has 0 saturated carbocycles. The highest BCUT2D eigenvalue weighted by Crippen LogP contribution is 2.36. The van der Waals surface area contributed by atoms with Gasteiger partial charge < -0.3 is 14.5 Å². The van der Waals surface area contributed by atoms with E-state index in [2.05, 4.69) is 15.0 Å². The van der Waals surface area contributed by atoms with E-state index in [-0.39, 0.29) is 6.09 Å². The van der Waals surface area contributed by atoms with E-state index >= 15 is 0 Å². The summed E-state index contributed by atoms with van der Waals surface area (Å²) in [6, 6.07) is 1.98. The van der Waals surface area contributed by atoms with Crippen molar-refractivity contribution in [2.75, 3.05) is 37.7 Å². The predicted octanol–water partition coefficient (Wildman–Crippen LogP) is 2.33. The van der Waals surface area contributed by atoms with Gasteiger partial charge in [-0.15, -0.1) is 5.10 Å². The van der Waals surface area contributed by atoms with Gasteiger partial charge in [-0.25, -0.2) is 4.79 Å². The quantitative estimate of drug-likeness (QED) is 0.829. The third kappa shape index (κ3) is 3.27. The highest BCUT2D eigenvalue weighted by atomic mass is 19.1. The maximum Gasteiger partial charge on any atom is 0.409 e. The van der Waals surface area contributed by atoms with Crippen molar-refractivity contribution < 1.29 is 13.9 Å². The molecule has 2 aromatic rings. The zero-order chi connectivity index (χ0) is 19.0. The summed E-state index contributed by atoms with van der Waals surface area (Å²) in [7, 11) is 1.71. The molecule has 7 nitrogen and oxygen atoms in total. The number of hydrogen-bond donors (Lipinski definition) is 0. The van der Waals surface area contributed by atoms with Crippen molar-refractivity contribution in [3.63, 3.8) is 0 Å². The Kier molecular flexibility index (Phi) is 4.55. The van der Waals surface area contributed by atoms with E-state index in [0.29, 0.717) is 31.7 Å². The second-order valence-corrected chi connectivity index (χ2v) is 6.72. The molecule has 0 unspecified atom stereocenters. The number of nitrogens with zero attached hydrogens (tertiary/aromatic N) is 5. The summed E-state index contributed by atoms with van der Waals surface area (Å²) < 4.78 is 20.6. The molecule has 2 aromatic heterocycles. The molecule has 8 heteroatoms. The smallest absolute Gasteiger partial charge is 0.409 e. The van der Waals surface area contributed by atoms with Crippen LogP contribution in [0.15, 0.2) is 18.5 Å². The van der Waals surface area contributed by atoms with Crippen LogP contribution in [0.3, 0.4) is 0 Å². The van der Waals surface area contributed by atoms with E-state index in [0.717, 1.165) is 35.6 Å². The molecular weight excluding hydrogens is 349 g/mol. The van der Waals surface area contributed by atoms with E-state index < -0.39 is 5.95 Å². The first-order chi connectivity index (χ1) is 13.1. The van der Waals surface area contributed by atoms with Crippen molar-refractivity contribution in [1.82, 2.24) is 19.7 Å². The monoisotopic (exact) mass is 371 g/mol. The summed E-state index contributed by atoms with van der Waals surface area (Å²) in [5.41, 5.74) is 4.45. The normalized spacial score (nSPS) is 16.3. The lowest BCUT2D eigenvalue weighted by Gasteiger charge is -2.36. The number of allylic oxidation sites excluding steroid dienone is 1. The first-order valence-electron chi connectivity index (χ1n) is 9.11. The molecule has 1 saturated heterocycles. The fraction of sp³-hybridized carbons (Fsp3) is 0.421. The van der Waals surface area contributed by atoms with Gasteiger partial charge in [-0.3, -0.25) is 9.67 Å². The van der Waals surface area contributed by atoms with Crippen LogP contribution >= 0.6 is 0 Å². The Hall–Kier alpha value is -2.90. The SMILES string of the molecule is CCOC(=O)N1CCN(c2ccnc3c2C=C(c2cn(C)nc2F)C3)CC1. The lowest BCUT2D eigenvalue weighted by Crippen LogP contribution is -2.49. The summed E-state index contributed by atoms with van der Waals surface area (Å²) in [5.74, 6) is -0.457. The lowest BCUT2D eigenvalue weighted by atomic mass is 10.1. The number of amides is 1. The molecule has 0 spiro atoms. The molecule has 1 aliphatic carbocycles. The molecule has 1 fully saturated rings. The number of carbonyl (C=O) groups excluding carboxylic acids is 1. The van der Waals surface area contributed by atoms with Crippen LogP contribution in [0.1, 0.15) is 23.7 Å². The summed E-state index contributed by atoms with van der Waals surface area (Å²) in [5, 5.41) is 3.80. The summed E-state index contributed by atoms with van der Waals surface area (Å²) in [4.78, 5) is 20.3. The minimum Gasteiger partial charge on any atom is -0.450 e. The van der Waals surface area contributed by atoms with Crippen LogP contribution in [0, 0.1) is 5.95 Å². The largest absolute Gasteiger partial charge is 0.450 e. The Morgan fingerprint density at radius 3 is 2.74 bits per heavy atom. The van der Waals surface area contributed by atoms with Crippen molar-refractivity contribution in [2.24, 2.45) is 7.05 Å². The first kappa shape index (κ1) is 17.5. The fourth-order valence-corrected chi connectivity index (χ4v) is 3.68. The molecule has 0 radical (unpaired) electrons. The minimum absolute atomic E-state index is 0.258. The zero-order valence-electron chi connectivity index (χ0n) is 15.5. The van der Waals surface area contributed by atoms with Crippen LogP contribution in [-0.2, 0) is 18.2 Å². The Morgan fingerprint density at radius 1 is 1.30 bits per heavy atom. The van der Waals surface area contributed by atoms with E-state index in [1.807, 2.05) is 19.1 Å². The summed E-state index contributed by atoms with van der Waals surface area (Å²) in [6.07, 6.45) is 5.84. The fourth-order valence-electron chi connectivity index (χ4n) is 3.68. The van der Waals surface area contributed by atoms with Gasteiger partial charge in [-0.1, -0.05) is 0 Å². The number of carbonyl (C=O) groups is 1. The molecule has 2 aliphatic rings. The Bertz CT molecular complexity index is 900. The van der Waals surface area contributed by atoms with E-state index in [9.17, 15) is 9.18 Å². The molecule has 3 heterocycles. The average Bonchev–Trinajstić information content (AvgIpc) is 3.24. The molecule has 1 aliphatic heterocycles. The van der Waals surface area contributed by atoms with E-state index in [1.165, 1.54) is 4.68 Å². The average molecular weight is 371 g/mol. The molecule has 0 aromatic carbocycles. The van der Waals surface area contributed by atoms with Gasteiger partial charge in [0.2, 0.25) is 5.95 Å². The highest BCUT2D eigenvalue weighted by Gasteiger charge is 2.27. The molecule has 4 rings (SSSR count). The van der Waals surface area contributed by atoms with Crippen LogP contribution in [0.5, 0.6) is 0 Å². The van der Waals surface area contributed by atoms with Crippen molar-refractivity contribution >= 4 is 23.4 Å². The van der Waals surface area contributed by atoms with Gasteiger partial charge in [-0.05, 0) is 24.6 Å². The van der Waals surface area contributed by atoms with Crippen LogP contribution in [0.2, 0.25) is 0 Å². The topological polar surface area (TPSA) is 63.5 Å². The third-order valence-corrected chi connectivity index (χ3v) is 5.00. The van der Waals surface area contributed by atoms with Crippen molar-refractivity contribution in [1.29, 1.82) is 0 Å². The molecule has 142 valence electrons. The molecular formula is C19H22FN5O2. The first-order valence-corrected chi connectivity index (χ1v) is 9.11. The number of hydrogen-bond acceptors (Lipinski definition) is 5. The van der Waals surface area contributed by atoms with E-state index in [4.69, 9.17) is 4.74 Å². The third-order valence-electron chi connectivity index (χ3n) is 5.00. The molecule has 0 N–H and O–H groups in total. The second-order valence-electron chi connectivity index (χ2n) is 6.72. The van der Waals surface area contributed by atoms with Gasteiger partial charge in [0.1, 0.15) is 0 Å². The van der Waals surface area contributed by atoms with E-state index in [1.54, 1.807) is 24.3 Å². The Morgan fingerprint density at radius 2 is 2.07 bits per heavy atom. The van der Waals surface area contributed by atoms with Crippen LogP contribution in [0.25, 0.3) is 11.6 Å². The van der Waals surface area contributed by atoms with Crippen molar-refractivity contribution in [3.8, 4) is 0 Å². The Balaban J connectivity index is 1.55. The number of piperazine rings is 1. The second kappa shape index (κ2) is 7.02. The molecule has 0 atom stereocenters.